The van der Waals surface area contributed by atoms with E-state index in [9.17, 15) is 0 Å². The second kappa shape index (κ2) is 4.96. The van der Waals surface area contributed by atoms with Crippen LogP contribution in [0.3, 0.4) is 0 Å². The number of allylic oxidation sites excluding steroid dienone is 6. The summed E-state index contributed by atoms with van der Waals surface area (Å²) in [5.74, 6) is 0.835. The zero-order chi connectivity index (χ0) is 15.2. The quantitative estimate of drug-likeness (QED) is 0.650. The molecule has 2 aromatic rings. The molecule has 3 aliphatic rings. The monoisotopic (exact) mass is 294 g/mol. The highest BCUT2D eigenvalue weighted by Crippen LogP contribution is 2.47. The van der Waals surface area contributed by atoms with Crippen molar-refractivity contribution in [1.29, 1.82) is 0 Å². The van der Waals surface area contributed by atoms with Crippen LogP contribution in [0.5, 0.6) is 0 Å². The van der Waals surface area contributed by atoms with Crippen molar-refractivity contribution in [2.45, 2.75) is 18.3 Å². The van der Waals surface area contributed by atoms with Crippen molar-refractivity contribution in [2.75, 3.05) is 0 Å². The average molecular weight is 294 g/mol. The fraction of sp³-hybridized carbons (Fsp3) is 0.130. The van der Waals surface area contributed by atoms with Crippen LogP contribution in [-0.4, -0.2) is 0 Å². The summed E-state index contributed by atoms with van der Waals surface area (Å²) in [7, 11) is 0. The van der Waals surface area contributed by atoms with E-state index in [-0.39, 0.29) is 0 Å². The molecule has 110 valence electrons. The van der Waals surface area contributed by atoms with Gasteiger partial charge >= 0.3 is 0 Å². The molecule has 0 aromatic heterocycles. The van der Waals surface area contributed by atoms with Gasteiger partial charge < -0.3 is 0 Å². The molecule has 0 amide bonds. The maximum Gasteiger partial charge on any atom is 0.0278 e. The molecule has 0 bridgehead atoms. The third-order valence-corrected chi connectivity index (χ3v) is 5.28. The molecule has 0 heteroatoms. The smallest absolute Gasteiger partial charge is 0.0278 e. The lowest BCUT2D eigenvalue weighted by Gasteiger charge is -2.21. The second-order valence-corrected chi connectivity index (χ2v) is 6.49. The van der Waals surface area contributed by atoms with Crippen molar-refractivity contribution in [3.8, 4) is 0 Å². The van der Waals surface area contributed by atoms with E-state index in [0.29, 0.717) is 11.8 Å². The fourth-order valence-electron chi connectivity index (χ4n) is 4.20. The Kier molecular flexibility index (Phi) is 2.78. The Balaban J connectivity index is 1.54. The van der Waals surface area contributed by atoms with Crippen LogP contribution in [0.1, 0.15) is 40.5 Å². The molecule has 0 fully saturated rings. The summed E-state index contributed by atoms with van der Waals surface area (Å²) in [5.41, 5.74) is 8.62. The molecule has 0 saturated heterocycles. The van der Waals surface area contributed by atoms with Crippen molar-refractivity contribution in [1.82, 2.24) is 0 Å². The van der Waals surface area contributed by atoms with E-state index in [1.165, 1.54) is 33.4 Å². The third kappa shape index (κ3) is 1.91. The van der Waals surface area contributed by atoms with Gasteiger partial charge in [-0.15, -0.1) is 0 Å². The molecular weight excluding hydrogens is 276 g/mol. The molecule has 23 heavy (non-hydrogen) atoms. The SMILES string of the molecule is C1=CC(C2=CCC=C2C2C=Cc3ccccc32)c2ccccc21. The van der Waals surface area contributed by atoms with E-state index in [4.69, 9.17) is 0 Å². The molecule has 0 aliphatic heterocycles. The zero-order valence-corrected chi connectivity index (χ0v) is 12.9. The minimum absolute atomic E-state index is 0.418. The van der Waals surface area contributed by atoms with Crippen LogP contribution in [-0.2, 0) is 0 Å². The lowest BCUT2D eigenvalue weighted by Crippen LogP contribution is -2.05. The number of hydrogen-bond donors (Lipinski definition) is 0. The van der Waals surface area contributed by atoms with Crippen molar-refractivity contribution in [3.63, 3.8) is 0 Å². The normalized spacial score (nSPS) is 23.7. The molecule has 2 aromatic carbocycles. The molecule has 5 rings (SSSR count). The number of hydrogen-bond acceptors (Lipinski definition) is 0. The fourth-order valence-corrected chi connectivity index (χ4v) is 4.20. The van der Waals surface area contributed by atoms with E-state index in [0.717, 1.165) is 6.42 Å². The maximum atomic E-state index is 2.42. The average Bonchev–Trinajstić information content (AvgIpc) is 3.31. The standard InChI is InChI=1S/C23H18/c1-3-8-18-16(6-1)12-14-22(18)20-10-5-11-21(20)23-15-13-17-7-2-4-9-19(17)23/h1-4,6-15,22-23H,5H2. The molecule has 0 saturated carbocycles. The minimum Gasteiger partial charge on any atom is -0.0763 e. The van der Waals surface area contributed by atoms with Gasteiger partial charge in [0.05, 0.1) is 0 Å². The second-order valence-electron chi connectivity index (χ2n) is 6.49. The molecule has 0 heterocycles. The molecule has 2 unspecified atom stereocenters. The number of benzene rings is 2. The van der Waals surface area contributed by atoms with Crippen LogP contribution in [0.25, 0.3) is 12.2 Å². The highest BCUT2D eigenvalue weighted by Gasteiger charge is 2.30. The van der Waals surface area contributed by atoms with Crippen LogP contribution >= 0.6 is 0 Å². The van der Waals surface area contributed by atoms with Crippen LogP contribution in [0.15, 0.2) is 84.0 Å². The molecule has 0 N–H and O–H groups in total. The first-order valence-electron chi connectivity index (χ1n) is 8.36. The summed E-state index contributed by atoms with van der Waals surface area (Å²) >= 11 is 0. The molecule has 0 spiro atoms. The molecule has 0 nitrogen and oxygen atoms in total. The Morgan fingerprint density at radius 2 is 1.09 bits per heavy atom. The van der Waals surface area contributed by atoms with Gasteiger partial charge in [0.25, 0.3) is 0 Å². The predicted molar refractivity (Wildman–Crippen MR) is 97.2 cm³/mol. The molecule has 0 radical (unpaired) electrons. The largest absolute Gasteiger partial charge is 0.0763 e. The van der Waals surface area contributed by atoms with Gasteiger partial charge in [0.2, 0.25) is 0 Å². The van der Waals surface area contributed by atoms with E-state index in [1.807, 2.05) is 0 Å². The third-order valence-electron chi connectivity index (χ3n) is 5.28. The van der Waals surface area contributed by atoms with Gasteiger partial charge in [0.15, 0.2) is 0 Å². The molecule has 3 aliphatic carbocycles. The maximum absolute atomic E-state index is 2.42. The van der Waals surface area contributed by atoms with E-state index >= 15 is 0 Å². The Morgan fingerprint density at radius 3 is 1.61 bits per heavy atom. The summed E-state index contributed by atoms with van der Waals surface area (Å²) < 4.78 is 0. The van der Waals surface area contributed by atoms with Crippen molar-refractivity contribution in [3.05, 3.63) is 106 Å². The van der Waals surface area contributed by atoms with E-state index in [2.05, 4.69) is 85.0 Å². The Morgan fingerprint density at radius 1 is 0.609 bits per heavy atom. The minimum atomic E-state index is 0.418. The van der Waals surface area contributed by atoms with Crippen molar-refractivity contribution in [2.24, 2.45) is 0 Å². The molecule has 2 atom stereocenters. The summed E-state index contributed by atoms with van der Waals surface area (Å²) in [6.45, 7) is 0. The van der Waals surface area contributed by atoms with Crippen LogP contribution in [0.2, 0.25) is 0 Å². The van der Waals surface area contributed by atoms with Crippen LogP contribution in [0.4, 0.5) is 0 Å². The summed E-state index contributed by atoms with van der Waals surface area (Å²) in [6, 6.07) is 17.5. The van der Waals surface area contributed by atoms with Gasteiger partial charge in [-0.25, -0.2) is 0 Å². The first-order valence-corrected chi connectivity index (χ1v) is 8.36. The topological polar surface area (TPSA) is 0 Å². The predicted octanol–water partition coefficient (Wildman–Crippen LogP) is 5.86. The Labute approximate surface area is 137 Å². The zero-order valence-electron chi connectivity index (χ0n) is 12.9. The summed E-state index contributed by atoms with van der Waals surface area (Å²) in [4.78, 5) is 0. The van der Waals surface area contributed by atoms with Gasteiger partial charge in [0.1, 0.15) is 0 Å². The van der Waals surface area contributed by atoms with Crippen molar-refractivity contribution >= 4 is 12.2 Å². The highest BCUT2D eigenvalue weighted by molar-refractivity contribution is 5.71. The Hall–Kier alpha value is -2.60. The van der Waals surface area contributed by atoms with Gasteiger partial charge in [-0.05, 0) is 39.8 Å². The highest BCUT2D eigenvalue weighted by atomic mass is 14.3. The van der Waals surface area contributed by atoms with Crippen LogP contribution < -0.4 is 0 Å². The lowest BCUT2D eigenvalue weighted by atomic mass is 9.82. The van der Waals surface area contributed by atoms with Gasteiger partial charge in [-0.3, -0.25) is 0 Å². The van der Waals surface area contributed by atoms with Crippen molar-refractivity contribution < 1.29 is 0 Å². The van der Waals surface area contributed by atoms with Crippen LogP contribution in [0, 0.1) is 0 Å². The van der Waals surface area contributed by atoms with Gasteiger partial charge in [-0.2, -0.15) is 0 Å². The van der Waals surface area contributed by atoms with E-state index in [1.54, 1.807) is 0 Å². The summed E-state index contributed by atoms with van der Waals surface area (Å²) in [6.07, 6.45) is 15.2. The molecular formula is C23H18. The first-order chi connectivity index (χ1) is 11.4. The number of rotatable bonds is 2. The number of fused-ring (bicyclic) bond motifs is 2. The first kappa shape index (κ1) is 12.9. The lowest BCUT2D eigenvalue weighted by molar-refractivity contribution is 0.946. The van der Waals surface area contributed by atoms with E-state index < -0.39 is 0 Å². The summed E-state index contributed by atoms with van der Waals surface area (Å²) in [5, 5.41) is 0. The van der Waals surface area contributed by atoms with Gasteiger partial charge in [0, 0.05) is 11.8 Å². The Bertz CT molecular complexity index is 830. The van der Waals surface area contributed by atoms with Gasteiger partial charge in [-0.1, -0.05) is 85.0 Å².